The Bertz CT molecular complexity index is 1060. The fourth-order valence-corrected chi connectivity index (χ4v) is 4.16. The van der Waals surface area contributed by atoms with Crippen molar-refractivity contribution in [3.05, 3.63) is 57.9 Å². The number of methoxy groups -OCH3 is 1. The highest BCUT2D eigenvalue weighted by atomic mass is 19.1. The number of aromatic carboxylic acids is 1. The Morgan fingerprint density at radius 1 is 1.25 bits per heavy atom. The molecule has 0 aliphatic carbocycles. The van der Waals surface area contributed by atoms with Crippen LogP contribution in [-0.2, 0) is 17.6 Å². The van der Waals surface area contributed by atoms with Crippen molar-refractivity contribution in [2.45, 2.75) is 31.4 Å². The van der Waals surface area contributed by atoms with Gasteiger partial charge in [-0.2, -0.15) is 0 Å². The van der Waals surface area contributed by atoms with Crippen molar-refractivity contribution in [1.82, 2.24) is 5.32 Å². The summed E-state index contributed by atoms with van der Waals surface area (Å²) in [4.78, 5) is 24.2. The molecular weight excluding hydrogens is 421 g/mol. The van der Waals surface area contributed by atoms with Gasteiger partial charge in [-0.15, -0.1) is 0 Å². The second-order valence-electron chi connectivity index (χ2n) is 7.83. The molecule has 4 rings (SSSR count). The van der Waals surface area contributed by atoms with Gasteiger partial charge in [0.2, 0.25) is 0 Å². The molecule has 2 aliphatic heterocycles. The molecule has 1 amide bonds. The Morgan fingerprint density at radius 3 is 2.75 bits per heavy atom. The Balaban J connectivity index is 1.67. The van der Waals surface area contributed by atoms with Gasteiger partial charge in [0, 0.05) is 25.0 Å². The number of aliphatic hydroxyl groups excluding tert-OH is 1. The Labute approximate surface area is 183 Å². The lowest BCUT2D eigenvalue weighted by Gasteiger charge is -2.28. The number of carboxylic acids is 1. The number of rotatable bonds is 6. The van der Waals surface area contributed by atoms with Crippen LogP contribution in [-0.4, -0.2) is 61.2 Å². The van der Waals surface area contributed by atoms with Crippen LogP contribution in [0.1, 0.15) is 43.8 Å². The molecule has 0 unspecified atom stereocenters. The highest BCUT2D eigenvalue weighted by Gasteiger charge is 2.30. The lowest BCUT2D eigenvalue weighted by atomic mass is 9.95. The monoisotopic (exact) mass is 445 g/mol. The van der Waals surface area contributed by atoms with Gasteiger partial charge in [-0.1, -0.05) is 6.07 Å². The van der Waals surface area contributed by atoms with E-state index in [0.29, 0.717) is 54.2 Å². The largest absolute Gasteiger partial charge is 0.495 e. The van der Waals surface area contributed by atoms with Crippen LogP contribution in [0.15, 0.2) is 24.3 Å². The Kier molecular flexibility index (Phi) is 6.29. The fraction of sp³-hybridized carbons (Fsp3) is 0.391. The third-order valence-corrected chi connectivity index (χ3v) is 5.75. The number of halogens is 1. The zero-order valence-electron chi connectivity index (χ0n) is 17.5. The number of hydrogen-bond donors (Lipinski definition) is 3. The van der Waals surface area contributed by atoms with Gasteiger partial charge in [0.15, 0.2) is 0 Å². The smallest absolute Gasteiger partial charge is 0.338 e. The molecule has 0 bridgehead atoms. The molecule has 1 fully saturated rings. The summed E-state index contributed by atoms with van der Waals surface area (Å²) >= 11 is 0. The number of carbonyl (C=O) groups excluding carboxylic acids is 1. The average Bonchev–Trinajstić information content (AvgIpc) is 3.25. The van der Waals surface area contributed by atoms with E-state index in [0.717, 1.165) is 5.56 Å². The number of fused-ring (bicyclic) bond motifs is 1. The standard InChI is InChI=1S/C23H24FNO7/c1-30-21-15-4-7-32-20(15)13(8-12-2-3-14(23(28)29)17(24)9-12)10-16(21)22(27)25-18-5-6-31-11-19(18)26/h2-3,9-10,18-19,26H,4-8,11H2,1H3,(H,25,27)(H,28,29)/t18-,19-/m0/s1. The van der Waals surface area contributed by atoms with Crippen molar-refractivity contribution < 1.29 is 38.4 Å². The van der Waals surface area contributed by atoms with Crippen LogP contribution in [0.3, 0.4) is 0 Å². The summed E-state index contributed by atoms with van der Waals surface area (Å²) in [6.45, 7) is 1.03. The van der Waals surface area contributed by atoms with Gasteiger partial charge in [0.05, 0.1) is 43.6 Å². The van der Waals surface area contributed by atoms with Crippen molar-refractivity contribution in [3.8, 4) is 11.5 Å². The topological polar surface area (TPSA) is 114 Å². The third kappa shape index (κ3) is 4.26. The van der Waals surface area contributed by atoms with E-state index in [1.807, 2.05) is 0 Å². The van der Waals surface area contributed by atoms with E-state index in [1.54, 1.807) is 6.07 Å². The molecular formula is C23H24FNO7. The maximum Gasteiger partial charge on any atom is 0.338 e. The minimum absolute atomic E-state index is 0.156. The summed E-state index contributed by atoms with van der Waals surface area (Å²) < 4.78 is 30.7. The third-order valence-electron chi connectivity index (χ3n) is 5.75. The Hall–Kier alpha value is -3.17. The fourth-order valence-electron chi connectivity index (χ4n) is 4.16. The minimum atomic E-state index is -1.34. The van der Waals surface area contributed by atoms with Gasteiger partial charge < -0.3 is 29.7 Å². The molecule has 1 saturated heterocycles. The number of amides is 1. The van der Waals surface area contributed by atoms with Crippen molar-refractivity contribution in [2.24, 2.45) is 0 Å². The molecule has 0 radical (unpaired) electrons. The second-order valence-corrected chi connectivity index (χ2v) is 7.83. The first-order valence-corrected chi connectivity index (χ1v) is 10.3. The van der Waals surface area contributed by atoms with Crippen LogP contribution in [0.25, 0.3) is 0 Å². The van der Waals surface area contributed by atoms with Gasteiger partial charge >= 0.3 is 5.97 Å². The predicted octanol–water partition coefficient (Wildman–Crippen LogP) is 1.94. The first-order valence-electron chi connectivity index (χ1n) is 10.3. The van der Waals surface area contributed by atoms with Gasteiger partial charge in [-0.25, -0.2) is 9.18 Å². The molecule has 0 saturated carbocycles. The lowest BCUT2D eigenvalue weighted by Crippen LogP contribution is -2.48. The number of carboxylic acid groups (broad SMARTS) is 1. The van der Waals surface area contributed by atoms with Crippen LogP contribution in [0.4, 0.5) is 4.39 Å². The summed E-state index contributed by atoms with van der Waals surface area (Å²) in [5, 5.41) is 22.0. The van der Waals surface area contributed by atoms with Gasteiger partial charge in [-0.05, 0) is 35.7 Å². The molecule has 9 heteroatoms. The maximum absolute atomic E-state index is 14.2. The molecule has 2 aromatic rings. The Morgan fingerprint density at radius 2 is 2.06 bits per heavy atom. The van der Waals surface area contributed by atoms with Gasteiger partial charge in [0.1, 0.15) is 17.3 Å². The SMILES string of the molecule is COc1c(C(=O)N[C@H]2CCOC[C@@H]2O)cc(Cc2ccc(C(=O)O)c(F)c2)c2c1CCO2. The van der Waals surface area contributed by atoms with E-state index >= 15 is 0 Å². The van der Waals surface area contributed by atoms with Crippen LogP contribution in [0, 0.1) is 5.82 Å². The first kappa shape index (κ1) is 22.0. The van der Waals surface area contributed by atoms with Crippen molar-refractivity contribution >= 4 is 11.9 Å². The van der Waals surface area contributed by atoms with E-state index in [9.17, 15) is 19.1 Å². The summed E-state index contributed by atoms with van der Waals surface area (Å²) in [7, 11) is 1.48. The van der Waals surface area contributed by atoms with Crippen molar-refractivity contribution in [1.29, 1.82) is 0 Å². The predicted molar refractivity (Wildman–Crippen MR) is 111 cm³/mol. The van der Waals surface area contributed by atoms with E-state index in [1.165, 1.54) is 25.3 Å². The van der Waals surface area contributed by atoms with E-state index in [4.69, 9.17) is 19.3 Å². The van der Waals surface area contributed by atoms with Crippen LogP contribution >= 0.6 is 0 Å². The molecule has 8 nitrogen and oxygen atoms in total. The van der Waals surface area contributed by atoms with Crippen LogP contribution in [0.2, 0.25) is 0 Å². The highest BCUT2D eigenvalue weighted by Crippen LogP contribution is 2.40. The van der Waals surface area contributed by atoms with Crippen molar-refractivity contribution in [3.63, 3.8) is 0 Å². The minimum Gasteiger partial charge on any atom is -0.495 e. The zero-order valence-corrected chi connectivity index (χ0v) is 17.5. The molecule has 32 heavy (non-hydrogen) atoms. The number of benzene rings is 2. The number of aliphatic hydroxyl groups is 1. The molecule has 3 N–H and O–H groups in total. The van der Waals surface area contributed by atoms with Crippen LogP contribution < -0.4 is 14.8 Å². The van der Waals surface area contributed by atoms with E-state index in [2.05, 4.69) is 5.32 Å². The normalized spacial score (nSPS) is 19.7. The summed E-state index contributed by atoms with van der Waals surface area (Å²) in [6.07, 6.45) is 0.486. The highest BCUT2D eigenvalue weighted by molar-refractivity contribution is 5.98. The maximum atomic E-state index is 14.2. The number of carbonyl (C=O) groups is 2. The molecule has 0 aromatic heterocycles. The molecule has 170 valence electrons. The molecule has 2 aromatic carbocycles. The number of ether oxygens (including phenoxy) is 3. The summed E-state index contributed by atoms with van der Waals surface area (Å²) in [5.74, 6) is -1.55. The van der Waals surface area contributed by atoms with E-state index < -0.39 is 35.4 Å². The van der Waals surface area contributed by atoms with Crippen molar-refractivity contribution in [2.75, 3.05) is 26.9 Å². The number of nitrogens with one attached hydrogen (secondary N) is 1. The molecule has 2 aliphatic rings. The molecule has 2 atom stereocenters. The molecule has 0 spiro atoms. The second kappa shape index (κ2) is 9.13. The lowest BCUT2D eigenvalue weighted by molar-refractivity contribution is -0.0261. The molecule has 2 heterocycles. The van der Waals surface area contributed by atoms with Gasteiger partial charge in [0.25, 0.3) is 5.91 Å². The van der Waals surface area contributed by atoms with E-state index in [-0.39, 0.29) is 13.0 Å². The first-order chi connectivity index (χ1) is 15.4. The van der Waals surface area contributed by atoms with Gasteiger partial charge in [-0.3, -0.25) is 4.79 Å². The average molecular weight is 445 g/mol. The quantitative estimate of drug-likeness (QED) is 0.623. The summed E-state index contributed by atoms with van der Waals surface area (Å²) in [6, 6.07) is 5.14. The zero-order chi connectivity index (χ0) is 22.8. The number of hydrogen-bond acceptors (Lipinski definition) is 6. The van der Waals surface area contributed by atoms with Crippen LogP contribution in [0.5, 0.6) is 11.5 Å². The summed E-state index contributed by atoms with van der Waals surface area (Å²) in [5.41, 5.74) is 1.86.